The topological polar surface area (TPSA) is 87.2 Å². The second-order valence-corrected chi connectivity index (χ2v) is 12.5. The summed E-state index contributed by atoms with van der Waals surface area (Å²) in [5.74, 6) is -2.14. The molecule has 0 aromatic heterocycles. The van der Waals surface area contributed by atoms with Crippen LogP contribution >= 0.6 is 27.7 Å². The molecule has 3 saturated heterocycles. The highest BCUT2D eigenvalue weighted by molar-refractivity contribution is 9.09. The number of thioether (sulfide) groups is 1. The number of carbonyl (C=O) groups excluding carboxylic acids is 3. The van der Waals surface area contributed by atoms with E-state index in [0.29, 0.717) is 19.5 Å². The number of hydrogen-bond donors (Lipinski definition) is 1. The lowest BCUT2D eigenvalue weighted by atomic mass is 9.71. The lowest BCUT2D eigenvalue weighted by Gasteiger charge is -2.41. The second kappa shape index (κ2) is 11.2. The summed E-state index contributed by atoms with van der Waals surface area (Å²) >= 11 is 5.32. The molecule has 0 aliphatic carbocycles. The molecule has 2 amide bonds. The normalized spacial score (nSPS) is 32.6. The van der Waals surface area contributed by atoms with E-state index in [1.54, 1.807) is 27.6 Å². The number of aliphatic hydroxyl groups excluding tert-OH is 1. The Morgan fingerprint density at radius 2 is 2.09 bits per heavy atom. The van der Waals surface area contributed by atoms with Gasteiger partial charge in [-0.2, -0.15) is 0 Å². The summed E-state index contributed by atoms with van der Waals surface area (Å²) in [7, 11) is 0. The molecule has 3 aliphatic rings. The van der Waals surface area contributed by atoms with Crippen LogP contribution in [0.2, 0.25) is 0 Å². The first kappa shape index (κ1) is 27.3. The molecule has 9 heteroatoms. The number of ether oxygens (including phenoxy) is 1. The highest BCUT2D eigenvalue weighted by Gasteiger charge is 2.76. The van der Waals surface area contributed by atoms with Crippen molar-refractivity contribution >= 4 is 45.5 Å². The summed E-state index contributed by atoms with van der Waals surface area (Å²) in [6, 6.07) is -1.27. The Bertz CT molecular complexity index is 823. The number of aliphatic hydroxyl groups is 1. The molecule has 1 spiro atoms. The molecule has 7 atom stereocenters. The van der Waals surface area contributed by atoms with Gasteiger partial charge in [0.25, 0.3) is 0 Å². The fourth-order valence-corrected chi connectivity index (χ4v) is 9.38. The Kier molecular flexibility index (Phi) is 8.96. The average molecular weight is 558 g/mol. The maximum Gasteiger partial charge on any atom is 0.311 e. The molecule has 3 rings (SSSR count). The van der Waals surface area contributed by atoms with Crippen LogP contribution in [-0.2, 0) is 19.1 Å². The largest absolute Gasteiger partial charge is 0.461 e. The van der Waals surface area contributed by atoms with E-state index in [-0.39, 0.29) is 41.0 Å². The zero-order valence-electron chi connectivity index (χ0n) is 20.3. The third-order valence-corrected chi connectivity index (χ3v) is 10.6. The summed E-state index contributed by atoms with van der Waals surface area (Å²) in [5, 5.41) is 10.1. The van der Waals surface area contributed by atoms with Crippen molar-refractivity contribution in [2.24, 2.45) is 17.8 Å². The molecule has 190 valence electrons. The standard InChI is InChI=1S/C25H37BrN2O5S/c1-6-9-11-27(10-7-2)23(31)21-25-13-16(26)20(34-25)18(24(32)33-12-8-3)19(25)22(30)28(21)17(14-29)15(4)5/h7-8,15-21,29H,2-3,6,9-14H2,1,4-5H3/t16?,17-,18+,19-,20+,21?,25?/m0/s1. The molecule has 3 aliphatic heterocycles. The van der Waals surface area contributed by atoms with E-state index < -0.39 is 34.6 Å². The van der Waals surface area contributed by atoms with E-state index in [9.17, 15) is 19.5 Å². The lowest BCUT2D eigenvalue weighted by molar-refractivity contribution is -0.153. The van der Waals surface area contributed by atoms with Gasteiger partial charge in [0.2, 0.25) is 11.8 Å². The van der Waals surface area contributed by atoms with Gasteiger partial charge >= 0.3 is 5.97 Å². The van der Waals surface area contributed by atoms with Gasteiger partial charge in [-0.15, -0.1) is 18.3 Å². The van der Waals surface area contributed by atoms with Crippen LogP contribution in [0.1, 0.15) is 40.0 Å². The molecule has 2 bridgehead atoms. The number of carbonyl (C=O) groups is 3. The number of hydrogen-bond acceptors (Lipinski definition) is 6. The van der Waals surface area contributed by atoms with Crippen molar-refractivity contribution in [2.45, 2.75) is 66.9 Å². The average Bonchev–Trinajstić information content (AvgIpc) is 3.39. The van der Waals surface area contributed by atoms with Crippen molar-refractivity contribution in [2.75, 3.05) is 26.3 Å². The Balaban J connectivity index is 2.10. The first-order valence-corrected chi connectivity index (χ1v) is 13.9. The van der Waals surface area contributed by atoms with Crippen LogP contribution < -0.4 is 0 Å². The SMILES string of the molecule is C=CCOC(=O)[C@H]1[C@@H]2SC3(CC2Br)C(C(=O)N(CC=C)CCCC)N([C@@H](CO)C(C)C)C(=O)[C@H]13. The molecule has 0 radical (unpaired) electrons. The number of likely N-dealkylation sites (tertiary alicyclic amines) is 1. The summed E-state index contributed by atoms with van der Waals surface area (Å²) < 4.78 is 4.66. The van der Waals surface area contributed by atoms with Gasteiger partial charge < -0.3 is 19.6 Å². The Morgan fingerprint density at radius 3 is 2.65 bits per heavy atom. The molecule has 0 aromatic carbocycles. The molecule has 3 unspecified atom stereocenters. The third-order valence-electron chi connectivity index (χ3n) is 7.33. The summed E-state index contributed by atoms with van der Waals surface area (Å²) in [5.41, 5.74) is 0. The van der Waals surface area contributed by atoms with Gasteiger partial charge in [0.1, 0.15) is 12.6 Å². The summed E-state index contributed by atoms with van der Waals surface area (Å²) in [6.45, 7) is 14.2. The molecule has 1 N–H and O–H groups in total. The highest BCUT2D eigenvalue weighted by atomic mass is 79.9. The van der Waals surface area contributed by atoms with Crippen molar-refractivity contribution in [1.82, 2.24) is 9.80 Å². The monoisotopic (exact) mass is 556 g/mol. The highest BCUT2D eigenvalue weighted by Crippen LogP contribution is 2.68. The van der Waals surface area contributed by atoms with Crippen LogP contribution in [0.15, 0.2) is 25.3 Å². The molecular weight excluding hydrogens is 520 g/mol. The zero-order chi connectivity index (χ0) is 25.2. The predicted octanol–water partition coefficient (Wildman–Crippen LogP) is 3.01. The van der Waals surface area contributed by atoms with Gasteiger partial charge in [-0.3, -0.25) is 14.4 Å². The molecule has 0 saturated carbocycles. The molecule has 34 heavy (non-hydrogen) atoms. The molecule has 3 fully saturated rings. The Labute approximate surface area is 215 Å². The fraction of sp³-hybridized carbons (Fsp3) is 0.720. The van der Waals surface area contributed by atoms with Crippen molar-refractivity contribution in [3.05, 3.63) is 25.3 Å². The van der Waals surface area contributed by atoms with E-state index in [1.807, 2.05) is 13.8 Å². The smallest absolute Gasteiger partial charge is 0.311 e. The minimum Gasteiger partial charge on any atom is -0.461 e. The maximum absolute atomic E-state index is 14.2. The van der Waals surface area contributed by atoms with Crippen molar-refractivity contribution in [3.63, 3.8) is 0 Å². The van der Waals surface area contributed by atoms with Crippen LogP contribution in [0, 0.1) is 17.8 Å². The third kappa shape index (κ3) is 4.48. The van der Waals surface area contributed by atoms with Crippen molar-refractivity contribution < 1.29 is 24.2 Å². The number of rotatable bonds is 12. The van der Waals surface area contributed by atoms with Crippen LogP contribution in [0.4, 0.5) is 0 Å². The minimum absolute atomic E-state index is 0.0202. The van der Waals surface area contributed by atoms with Gasteiger partial charge in [-0.25, -0.2) is 0 Å². The molecule has 3 heterocycles. The fourth-order valence-electron chi connectivity index (χ4n) is 5.80. The van der Waals surface area contributed by atoms with E-state index in [2.05, 4.69) is 36.0 Å². The number of fused-ring (bicyclic) bond motifs is 1. The molecule has 7 nitrogen and oxygen atoms in total. The summed E-state index contributed by atoms with van der Waals surface area (Å²) in [6.07, 6.45) is 5.60. The minimum atomic E-state index is -0.756. The maximum atomic E-state index is 14.2. The number of unbranched alkanes of at least 4 members (excludes halogenated alkanes) is 1. The van der Waals surface area contributed by atoms with Crippen molar-refractivity contribution in [1.29, 1.82) is 0 Å². The van der Waals surface area contributed by atoms with Crippen molar-refractivity contribution in [3.8, 4) is 0 Å². The number of esters is 1. The van der Waals surface area contributed by atoms with Crippen LogP contribution in [0.25, 0.3) is 0 Å². The number of nitrogens with zero attached hydrogens (tertiary/aromatic N) is 2. The Hall–Kier alpha value is -1.32. The van der Waals surface area contributed by atoms with E-state index in [4.69, 9.17) is 4.74 Å². The molecular formula is C25H37BrN2O5S. The Morgan fingerprint density at radius 1 is 1.38 bits per heavy atom. The number of halogens is 1. The molecule has 0 aromatic rings. The number of alkyl halides is 1. The van der Waals surface area contributed by atoms with Gasteiger partial charge in [0, 0.05) is 23.2 Å². The van der Waals surface area contributed by atoms with Gasteiger partial charge in [-0.1, -0.05) is 61.9 Å². The number of amides is 2. The van der Waals surface area contributed by atoms with Crippen LogP contribution in [0.3, 0.4) is 0 Å². The van der Waals surface area contributed by atoms with E-state index in [1.165, 1.54) is 6.08 Å². The van der Waals surface area contributed by atoms with Gasteiger partial charge in [0.15, 0.2) is 0 Å². The van der Waals surface area contributed by atoms with Gasteiger partial charge in [-0.05, 0) is 18.8 Å². The predicted molar refractivity (Wildman–Crippen MR) is 138 cm³/mol. The van der Waals surface area contributed by atoms with E-state index >= 15 is 0 Å². The first-order chi connectivity index (χ1) is 16.2. The summed E-state index contributed by atoms with van der Waals surface area (Å²) in [4.78, 5) is 44.7. The second-order valence-electron chi connectivity index (χ2n) is 9.75. The lowest BCUT2D eigenvalue weighted by Crippen LogP contribution is -2.58. The van der Waals surface area contributed by atoms with Crippen LogP contribution in [-0.4, -0.2) is 85.9 Å². The zero-order valence-corrected chi connectivity index (χ0v) is 22.7. The quantitative estimate of drug-likeness (QED) is 0.226. The first-order valence-electron chi connectivity index (χ1n) is 12.1. The van der Waals surface area contributed by atoms with Crippen LogP contribution in [0.5, 0.6) is 0 Å². The van der Waals surface area contributed by atoms with Gasteiger partial charge in [0.05, 0.1) is 29.2 Å². The van der Waals surface area contributed by atoms with E-state index in [0.717, 1.165) is 12.8 Å².